The van der Waals surface area contributed by atoms with E-state index in [1.807, 2.05) is 0 Å². The van der Waals surface area contributed by atoms with Crippen LogP contribution in [0.25, 0.3) is 66.4 Å². The maximum Gasteiger partial charge on any atom is 0.0546 e. The van der Waals surface area contributed by atoms with Gasteiger partial charge in [-0.2, -0.15) is 0 Å². The monoisotopic (exact) mass is 755 g/mol. The molecule has 9 aromatic carbocycles. The lowest BCUT2D eigenvalue weighted by molar-refractivity contribution is 0.660. The predicted octanol–water partition coefficient (Wildman–Crippen LogP) is 15.9. The van der Waals surface area contributed by atoms with Crippen molar-refractivity contribution < 1.29 is 0 Å². The summed E-state index contributed by atoms with van der Waals surface area (Å²) in [7, 11) is 0. The highest BCUT2D eigenvalue weighted by molar-refractivity contribution is 6.08. The zero-order chi connectivity index (χ0) is 39.9. The lowest BCUT2D eigenvalue weighted by Crippen LogP contribution is -2.18. The van der Waals surface area contributed by atoms with Gasteiger partial charge in [0.25, 0.3) is 0 Å². The molecule has 9 aromatic rings. The average molecular weight is 756 g/mol. The topological polar surface area (TPSA) is 3.24 Å². The summed E-state index contributed by atoms with van der Waals surface area (Å²) in [6.45, 7) is 9.51. The van der Waals surface area contributed by atoms with E-state index in [4.69, 9.17) is 0 Å². The standard InChI is InChI=1S/C58H45N/c1-57(2)52-25-15-13-23-47(52)49-31-28-41(36-54(49)57)59(42-29-32-50-48-24-14-16-26-53(48)58(3,4)55(50)37-42)56-35-40(38-17-7-5-8-18-38)27-30-51(56)46-34-33-43(39-19-9-6-10-20-39)44-21-11-12-22-45(44)46/h5-37H,1-4H3. The third-order valence-corrected chi connectivity index (χ3v) is 13.3. The second-order valence-corrected chi connectivity index (χ2v) is 17.3. The summed E-state index contributed by atoms with van der Waals surface area (Å²) in [4.78, 5) is 2.54. The van der Waals surface area contributed by atoms with Gasteiger partial charge in [0.1, 0.15) is 0 Å². The van der Waals surface area contributed by atoms with Crippen molar-refractivity contribution in [3.8, 4) is 55.6 Å². The van der Waals surface area contributed by atoms with E-state index in [0.29, 0.717) is 0 Å². The van der Waals surface area contributed by atoms with E-state index in [9.17, 15) is 0 Å². The molecule has 0 saturated carbocycles. The van der Waals surface area contributed by atoms with Crippen molar-refractivity contribution in [1.29, 1.82) is 0 Å². The second-order valence-electron chi connectivity index (χ2n) is 17.3. The van der Waals surface area contributed by atoms with Crippen LogP contribution >= 0.6 is 0 Å². The van der Waals surface area contributed by atoms with Crippen LogP contribution in [0.4, 0.5) is 17.1 Å². The van der Waals surface area contributed by atoms with Gasteiger partial charge in [0.2, 0.25) is 0 Å². The van der Waals surface area contributed by atoms with Crippen molar-refractivity contribution >= 4 is 27.8 Å². The fourth-order valence-electron chi connectivity index (χ4n) is 10.2. The van der Waals surface area contributed by atoms with Gasteiger partial charge < -0.3 is 4.90 Å². The molecule has 0 atom stereocenters. The summed E-state index contributed by atoms with van der Waals surface area (Å²) in [5.41, 5.74) is 21.2. The number of hydrogen-bond donors (Lipinski definition) is 0. The van der Waals surface area contributed by atoms with E-state index in [1.165, 1.54) is 88.7 Å². The summed E-state index contributed by atoms with van der Waals surface area (Å²) < 4.78 is 0. The number of fused-ring (bicyclic) bond motifs is 7. The Morgan fingerprint density at radius 2 is 0.712 bits per heavy atom. The van der Waals surface area contributed by atoms with Gasteiger partial charge in [0.05, 0.1) is 5.69 Å². The molecule has 2 aliphatic carbocycles. The highest BCUT2D eigenvalue weighted by atomic mass is 15.1. The Morgan fingerprint density at radius 3 is 1.29 bits per heavy atom. The van der Waals surface area contributed by atoms with Crippen LogP contribution in [0.15, 0.2) is 200 Å². The molecule has 1 nitrogen and oxygen atoms in total. The summed E-state index contributed by atoms with van der Waals surface area (Å²) in [5.74, 6) is 0. The number of benzene rings is 9. The first kappa shape index (κ1) is 35.2. The van der Waals surface area contributed by atoms with Crippen LogP contribution in [-0.2, 0) is 10.8 Å². The SMILES string of the molecule is CC1(C)c2ccccc2-c2ccc(N(c3ccc4c(c3)C(C)(C)c3ccccc3-4)c3cc(-c4ccccc4)ccc3-c3ccc(-c4ccccc4)c4ccccc34)cc21. The van der Waals surface area contributed by atoms with Gasteiger partial charge in [0.15, 0.2) is 0 Å². The first-order valence-corrected chi connectivity index (χ1v) is 20.8. The molecule has 0 heterocycles. The molecule has 0 bridgehead atoms. The van der Waals surface area contributed by atoms with Crippen LogP contribution in [-0.4, -0.2) is 0 Å². The quantitative estimate of drug-likeness (QED) is 0.163. The first-order chi connectivity index (χ1) is 28.8. The predicted molar refractivity (Wildman–Crippen MR) is 250 cm³/mol. The second kappa shape index (κ2) is 13.3. The molecule has 2 aliphatic rings. The molecule has 282 valence electrons. The Kier molecular flexibility index (Phi) is 7.94. The fraction of sp³-hybridized carbons (Fsp3) is 0.103. The molecule has 11 rings (SSSR count). The van der Waals surface area contributed by atoms with Gasteiger partial charge in [-0.1, -0.05) is 198 Å². The average Bonchev–Trinajstić information content (AvgIpc) is 3.66. The highest BCUT2D eigenvalue weighted by Crippen LogP contribution is 2.54. The molecule has 0 fully saturated rings. The Hall–Kier alpha value is -6.96. The van der Waals surface area contributed by atoms with Crippen molar-refractivity contribution in [3.05, 3.63) is 222 Å². The van der Waals surface area contributed by atoms with E-state index in [0.717, 1.165) is 17.1 Å². The molecule has 0 saturated heterocycles. The van der Waals surface area contributed by atoms with E-state index in [1.54, 1.807) is 0 Å². The van der Waals surface area contributed by atoms with Crippen molar-refractivity contribution in [1.82, 2.24) is 0 Å². The van der Waals surface area contributed by atoms with Crippen molar-refractivity contribution in [2.24, 2.45) is 0 Å². The Bertz CT molecular complexity index is 2990. The molecule has 0 amide bonds. The fourth-order valence-corrected chi connectivity index (χ4v) is 10.2. The number of nitrogens with zero attached hydrogens (tertiary/aromatic N) is 1. The Labute approximate surface area is 347 Å². The van der Waals surface area contributed by atoms with Gasteiger partial charge in [-0.3, -0.25) is 0 Å². The van der Waals surface area contributed by atoms with E-state index >= 15 is 0 Å². The van der Waals surface area contributed by atoms with Crippen LogP contribution in [0.1, 0.15) is 49.9 Å². The van der Waals surface area contributed by atoms with Crippen LogP contribution in [0.5, 0.6) is 0 Å². The molecule has 59 heavy (non-hydrogen) atoms. The molecule has 0 unspecified atom stereocenters. The maximum atomic E-state index is 2.54. The van der Waals surface area contributed by atoms with Crippen molar-refractivity contribution in [2.45, 2.75) is 38.5 Å². The van der Waals surface area contributed by atoms with Gasteiger partial charge in [-0.25, -0.2) is 0 Å². The lowest BCUT2D eigenvalue weighted by atomic mass is 9.82. The Balaban J connectivity index is 1.20. The van der Waals surface area contributed by atoms with Gasteiger partial charge in [-0.15, -0.1) is 0 Å². The zero-order valence-electron chi connectivity index (χ0n) is 34.0. The molecule has 0 aromatic heterocycles. The summed E-state index contributed by atoms with van der Waals surface area (Å²) in [6, 6.07) is 74.5. The minimum absolute atomic E-state index is 0.145. The van der Waals surface area contributed by atoms with Crippen LogP contribution in [0.2, 0.25) is 0 Å². The maximum absolute atomic E-state index is 2.54. The first-order valence-electron chi connectivity index (χ1n) is 20.8. The lowest BCUT2D eigenvalue weighted by Gasteiger charge is -2.32. The summed E-state index contributed by atoms with van der Waals surface area (Å²) in [5, 5.41) is 2.48. The molecular weight excluding hydrogens is 711 g/mol. The summed E-state index contributed by atoms with van der Waals surface area (Å²) >= 11 is 0. The molecule has 1 heteroatoms. The van der Waals surface area contributed by atoms with Crippen LogP contribution < -0.4 is 4.90 Å². The van der Waals surface area contributed by atoms with Crippen LogP contribution in [0.3, 0.4) is 0 Å². The number of anilines is 3. The van der Waals surface area contributed by atoms with Crippen LogP contribution in [0, 0.1) is 0 Å². The smallest absolute Gasteiger partial charge is 0.0546 e. The third kappa shape index (κ3) is 5.45. The zero-order valence-corrected chi connectivity index (χ0v) is 34.0. The Morgan fingerprint density at radius 1 is 0.288 bits per heavy atom. The van der Waals surface area contributed by atoms with E-state index in [2.05, 4.69) is 233 Å². The normalized spacial score (nSPS) is 14.0. The minimum atomic E-state index is -0.145. The molecule has 0 aliphatic heterocycles. The van der Waals surface area contributed by atoms with Gasteiger partial charge >= 0.3 is 0 Å². The molecular formula is C58H45N. The third-order valence-electron chi connectivity index (χ3n) is 13.3. The molecule has 0 spiro atoms. The van der Waals surface area contributed by atoms with E-state index in [-0.39, 0.29) is 10.8 Å². The van der Waals surface area contributed by atoms with Crippen molar-refractivity contribution in [2.75, 3.05) is 4.90 Å². The number of rotatable bonds is 6. The highest BCUT2D eigenvalue weighted by Gasteiger charge is 2.38. The van der Waals surface area contributed by atoms with Gasteiger partial charge in [0, 0.05) is 27.8 Å². The molecule has 0 radical (unpaired) electrons. The molecule has 0 N–H and O–H groups in total. The van der Waals surface area contributed by atoms with Crippen molar-refractivity contribution in [3.63, 3.8) is 0 Å². The van der Waals surface area contributed by atoms with Gasteiger partial charge in [-0.05, 0) is 113 Å². The van der Waals surface area contributed by atoms with E-state index < -0.39 is 0 Å². The number of hydrogen-bond acceptors (Lipinski definition) is 1. The minimum Gasteiger partial charge on any atom is -0.310 e. The summed E-state index contributed by atoms with van der Waals surface area (Å²) in [6.07, 6.45) is 0. The largest absolute Gasteiger partial charge is 0.310 e.